The molecular weight excluding hydrogens is 352 g/mol. The number of rotatable bonds is 6. The van der Waals surface area contributed by atoms with E-state index in [2.05, 4.69) is 20.7 Å². The topological polar surface area (TPSA) is 85.7 Å². The van der Waals surface area contributed by atoms with Crippen LogP contribution in [0.2, 0.25) is 5.02 Å². The van der Waals surface area contributed by atoms with Crippen molar-refractivity contribution in [3.8, 4) is 0 Å². The Morgan fingerprint density at radius 2 is 2.21 bits per heavy atom. The van der Waals surface area contributed by atoms with Gasteiger partial charge < -0.3 is 9.57 Å². The number of amides is 1. The maximum Gasteiger partial charge on any atom is 0.270 e. The van der Waals surface area contributed by atoms with E-state index in [1.807, 2.05) is 19.1 Å². The third kappa shape index (κ3) is 4.08. The molecule has 9 heteroatoms. The number of nitrogens with zero attached hydrogens (tertiary/aromatic N) is 3. The van der Waals surface area contributed by atoms with Gasteiger partial charge >= 0.3 is 0 Å². The van der Waals surface area contributed by atoms with Crippen LogP contribution in [0.15, 0.2) is 29.4 Å². The number of benzene rings is 1. The summed E-state index contributed by atoms with van der Waals surface area (Å²) >= 11 is 7.14. The first kappa shape index (κ1) is 16.8. The fourth-order valence-electron chi connectivity index (χ4n) is 2.07. The third-order valence-corrected chi connectivity index (χ3v) is 4.33. The molecule has 1 unspecified atom stereocenters. The fourth-order valence-corrected chi connectivity index (χ4v) is 2.87. The molecular formula is C15H15ClN4O3S. The molecule has 0 saturated carbocycles. The molecule has 2 aromatic rings. The number of carbonyl (C=O) groups is 1. The molecule has 24 heavy (non-hydrogen) atoms. The molecule has 1 amide bonds. The molecule has 1 aliphatic heterocycles. The predicted octanol–water partition coefficient (Wildman–Crippen LogP) is 2.86. The van der Waals surface area contributed by atoms with E-state index in [1.165, 1.54) is 11.3 Å². The molecule has 1 atom stereocenters. The lowest BCUT2D eigenvalue weighted by atomic mass is 10.0. The summed E-state index contributed by atoms with van der Waals surface area (Å²) < 4.78 is 5.25. The van der Waals surface area contributed by atoms with Crippen LogP contribution in [0.3, 0.4) is 0 Å². The summed E-state index contributed by atoms with van der Waals surface area (Å²) in [6.45, 7) is 2.88. The molecule has 0 radical (unpaired) electrons. The minimum atomic E-state index is -0.685. The Labute approximate surface area is 147 Å². The van der Waals surface area contributed by atoms with Gasteiger partial charge in [0.15, 0.2) is 0 Å². The molecule has 1 N–H and O–H groups in total. The van der Waals surface area contributed by atoms with E-state index in [-0.39, 0.29) is 5.91 Å². The Morgan fingerprint density at radius 3 is 2.96 bits per heavy atom. The van der Waals surface area contributed by atoms with Crippen LogP contribution in [0.4, 0.5) is 5.13 Å². The van der Waals surface area contributed by atoms with Crippen molar-refractivity contribution in [3.63, 3.8) is 0 Å². The van der Waals surface area contributed by atoms with E-state index in [4.69, 9.17) is 21.2 Å². The van der Waals surface area contributed by atoms with E-state index in [9.17, 15) is 4.79 Å². The second kappa shape index (κ2) is 7.69. The molecule has 2 heterocycles. The number of halogens is 1. The normalized spacial score (nSPS) is 16.6. The first-order chi connectivity index (χ1) is 11.7. The van der Waals surface area contributed by atoms with Gasteiger partial charge in [-0.25, -0.2) is 0 Å². The molecule has 1 aromatic heterocycles. The minimum Gasteiger partial charge on any atom is -0.382 e. The van der Waals surface area contributed by atoms with Gasteiger partial charge in [0.1, 0.15) is 11.6 Å². The van der Waals surface area contributed by atoms with Crippen molar-refractivity contribution < 1.29 is 14.4 Å². The van der Waals surface area contributed by atoms with Crippen LogP contribution in [0.5, 0.6) is 0 Å². The molecule has 126 valence electrons. The summed E-state index contributed by atoms with van der Waals surface area (Å²) in [5, 5.41) is 16.3. The number of carbonyl (C=O) groups excluding carboxylic acids is 1. The second-order valence-corrected chi connectivity index (χ2v) is 6.47. The number of oxime groups is 1. The van der Waals surface area contributed by atoms with Crippen molar-refractivity contribution >= 4 is 39.7 Å². The van der Waals surface area contributed by atoms with Gasteiger partial charge in [-0.2, -0.15) is 0 Å². The zero-order chi connectivity index (χ0) is 16.9. The van der Waals surface area contributed by atoms with Crippen molar-refractivity contribution in [2.75, 3.05) is 11.9 Å². The van der Waals surface area contributed by atoms with E-state index in [0.717, 1.165) is 5.56 Å². The van der Waals surface area contributed by atoms with Crippen molar-refractivity contribution in [2.24, 2.45) is 5.16 Å². The highest BCUT2D eigenvalue weighted by atomic mass is 35.5. The Balaban J connectivity index is 1.55. The molecule has 3 rings (SSSR count). The van der Waals surface area contributed by atoms with Gasteiger partial charge in [-0.15, -0.1) is 10.2 Å². The van der Waals surface area contributed by atoms with E-state index in [1.54, 1.807) is 12.1 Å². The van der Waals surface area contributed by atoms with E-state index >= 15 is 0 Å². The molecule has 1 aromatic carbocycles. The number of hydrogen-bond acceptors (Lipinski definition) is 7. The Hall–Kier alpha value is -2.03. The van der Waals surface area contributed by atoms with Gasteiger partial charge in [0.25, 0.3) is 5.91 Å². The van der Waals surface area contributed by atoms with Gasteiger partial charge in [0, 0.05) is 18.1 Å². The first-order valence-corrected chi connectivity index (χ1v) is 8.54. The van der Waals surface area contributed by atoms with Crippen molar-refractivity contribution in [1.29, 1.82) is 0 Å². The fraction of sp³-hybridized carbons (Fsp3) is 0.333. The van der Waals surface area contributed by atoms with Crippen LogP contribution in [0.1, 0.15) is 23.9 Å². The molecule has 0 spiro atoms. The van der Waals surface area contributed by atoms with Gasteiger partial charge in [-0.3, -0.25) is 10.1 Å². The third-order valence-electron chi connectivity index (χ3n) is 3.27. The zero-order valence-electron chi connectivity index (χ0n) is 12.9. The van der Waals surface area contributed by atoms with Crippen molar-refractivity contribution in [2.45, 2.75) is 26.1 Å². The van der Waals surface area contributed by atoms with Crippen LogP contribution in [0, 0.1) is 0 Å². The van der Waals surface area contributed by atoms with Crippen molar-refractivity contribution in [3.05, 3.63) is 39.9 Å². The van der Waals surface area contributed by atoms with Gasteiger partial charge in [0.05, 0.1) is 5.71 Å². The highest BCUT2D eigenvalue weighted by Gasteiger charge is 2.29. The Bertz CT molecular complexity index is 747. The minimum absolute atomic E-state index is 0.304. The maximum absolute atomic E-state index is 12.2. The quantitative estimate of drug-likeness (QED) is 0.849. The molecule has 0 bridgehead atoms. The summed E-state index contributed by atoms with van der Waals surface area (Å²) in [5.74, 6) is -0.304. The number of aromatic nitrogens is 2. The average molecular weight is 367 g/mol. The summed E-state index contributed by atoms with van der Waals surface area (Å²) in [5.41, 5.74) is 1.59. The standard InChI is InChI=1S/C15H15ClN4O3S/c1-2-22-8-13-18-19-15(24-13)17-14(21)12-7-11(20-23-12)9-3-5-10(16)6-4-9/h3-6,12H,2,7-8H2,1H3,(H,17,19,21). The molecule has 0 fully saturated rings. The summed E-state index contributed by atoms with van der Waals surface area (Å²) in [4.78, 5) is 17.5. The number of anilines is 1. The van der Waals surface area contributed by atoms with Gasteiger partial charge in [0.2, 0.25) is 11.2 Å². The first-order valence-electron chi connectivity index (χ1n) is 7.35. The summed E-state index contributed by atoms with van der Waals surface area (Å²) in [6.07, 6.45) is -0.298. The number of nitrogens with one attached hydrogen (secondary N) is 1. The Kier molecular flexibility index (Phi) is 5.39. The highest BCUT2D eigenvalue weighted by molar-refractivity contribution is 7.15. The molecule has 7 nitrogen and oxygen atoms in total. The van der Waals surface area contributed by atoms with Crippen molar-refractivity contribution in [1.82, 2.24) is 10.2 Å². The van der Waals surface area contributed by atoms with Crippen LogP contribution >= 0.6 is 22.9 Å². The highest BCUT2D eigenvalue weighted by Crippen LogP contribution is 2.21. The number of hydrogen-bond donors (Lipinski definition) is 1. The average Bonchev–Trinajstić information content (AvgIpc) is 3.23. The Morgan fingerprint density at radius 1 is 1.42 bits per heavy atom. The molecule has 0 aliphatic carbocycles. The lowest BCUT2D eigenvalue weighted by Crippen LogP contribution is -2.28. The lowest BCUT2D eigenvalue weighted by molar-refractivity contribution is -0.125. The molecule has 0 saturated heterocycles. The van der Waals surface area contributed by atoms with Crippen LogP contribution < -0.4 is 5.32 Å². The summed E-state index contributed by atoms with van der Waals surface area (Å²) in [6, 6.07) is 7.23. The number of ether oxygens (including phenoxy) is 1. The van der Waals surface area contributed by atoms with E-state index < -0.39 is 6.10 Å². The van der Waals surface area contributed by atoms with E-state index in [0.29, 0.717) is 40.5 Å². The van der Waals surface area contributed by atoms with Crippen LogP contribution in [-0.2, 0) is 21.0 Å². The smallest absolute Gasteiger partial charge is 0.270 e. The monoisotopic (exact) mass is 366 g/mol. The maximum atomic E-state index is 12.2. The predicted molar refractivity (Wildman–Crippen MR) is 91.3 cm³/mol. The zero-order valence-corrected chi connectivity index (χ0v) is 14.4. The van der Waals surface area contributed by atoms with Crippen LogP contribution in [0.25, 0.3) is 0 Å². The van der Waals surface area contributed by atoms with Gasteiger partial charge in [-0.1, -0.05) is 40.2 Å². The lowest BCUT2D eigenvalue weighted by Gasteiger charge is -2.06. The van der Waals surface area contributed by atoms with Gasteiger partial charge in [-0.05, 0) is 24.6 Å². The largest absolute Gasteiger partial charge is 0.382 e. The molecule has 1 aliphatic rings. The summed E-state index contributed by atoms with van der Waals surface area (Å²) in [7, 11) is 0. The second-order valence-electron chi connectivity index (χ2n) is 4.97. The van der Waals surface area contributed by atoms with Crippen LogP contribution in [-0.4, -0.2) is 34.5 Å². The SMILES string of the molecule is CCOCc1nnc(NC(=O)C2CC(c3ccc(Cl)cc3)=NO2)s1.